The number of aryl methyl sites for hydroxylation is 1. The van der Waals surface area contributed by atoms with E-state index in [2.05, 4.69) is 54.5 Å². The molecule has 0 bridgehead atoms. The van der Waals surface area contributed by atoms with Crippen LogP contribution in [0.1, 0.15) is 59.3 Å². The smallest absolute Gasteiger partial charge is 0.257 e. The lowest BCUT2D eigenvalue weighted by atomic mass is 9.88. The van der Waals surface area contributed by atoms with Gasteiger partial charge in [-0.15, -0.1) is 0 Å². The number of hydrogen-bond donors (Lipinski definition) is 2. The Balaban J connectivity index is 1.23. The maximum atomic E-state index is 13.3. The molecule has 3 heterocycles. The normalized spacial score (nSPS) is 20.7. The van der Waals surface area contributed by atoms with Crippen LogP contribution in [-0.4, -0.2) is 46.7 Å². The van der Waals surface area contributed by atoms with Gasteiger partial charge in [0.1, 0.15) is 6.04 Å². The highest BCUT2D eigenvalue weighted by molar-refractivity contribution is 6.07. The molecule has 0 aliphatic carbocycles. The van der Waals surface area contributed by atoms with Gasteiger partial charge in [0, 0.05) is 44.8 Å². The van der Waals surface area contributed by atoms with Gasteiger partial charge in [-0.3, -0.25) is 24.6 Å². The van der Waals surface area contributed by atoms with Crippen molar-refractivity contribution in [2.45, 2.75) is 59.3 Å². The first-order chi connectivity index (χ1) is 16.8. The lowest BCUT2D eigenvalue weighted by Gasteiger charge is -2.42. The van der Waals surface area contributed by atoms with Gasteiger partial charge < -0.3 is 10.2 Å². The van der Waals surface area contributed by atoms with Gasteiger partial charge in [0.2, 0.25) is 11.8 Å². The molecule has 3 amide bonds. The Morgan fingerprint density at radius 1 is 1.11 bits per heavy atom. The molecule has 0 saturated carbocycles. The zero-order chi connectivity index (χ0) is 24.7. The number of nitrogens with one attached hydrogen (secondary N) is 2. The van der Waals surface area contributed by atoms with E-state index < -0.39 is 6.04 Å². The van der Waals surface area contributed by atoms with Gasteiger partial charge in [-0.2, -0.15) is 0 Å². The first-order valence-corrected chi connectivity index (χ1v) is 12.6. The molecular formula is C28H34N4O3. The molecule has 0 spiro atoms. The number of fused-ring (bicyclic) bond motifs is 1. The van der Waals surface area contributed by atoms with E-state index in [9.17, 15) is 14.4 Å². The Bertz CT molecular complexity index is 1170. The molecule has 5 rings (SSSR count). The molecule has 35 heavy (non-hydrogen) atoms. The molecule has 7 heteroatoms. The molecule has 2 fully saturated rings. The number of carbonyl (C=O) groups excluding carboxylic acids is 3. The topological polar surface area (TPSA) is 81.8 Å². The van der Waals surface area contributed by atoms with Crippen LogP contribution in [0.15, 0.2) is 36.4 Å². The van der Waals surface area contributed by atoms with Gasteiger partial charge in [0.25, 0.3) is 5.91 Å². The number of benzene rings is 2. The number of piperidine rings is 1. The summed E-state index contributed by atoms with van der Waals surface area (Å²) in [6.07, 6.45) is 0.626. The number of carbonyl (C=O) groups is 3. The minimum atomic E-state index is -0.599. The van der Waals surface area contributed by atoms with Gasteiger partial charge >= 0.3 is 0 Å². The van der Waals surface area contributed by atoms with Crippen LogP contribution < -0.4 is 10.6 Å². The molecular weight excluding hydrogens is 440 g/mol. The van der Waals surface area contributed by atoms with Crippen molar-refractivity contribution in [3.05, 3.63) is 64.2 Å². The molecule has 2 aromatic rings. The second kappa shape index (κ2) is 9.46. The van der Waals surface area contributed by atoms with Crippen molar-refractivity contribution in [3.63, 3.8) is 0 Å². The summed E-state index contributed by atoms with van der Waals surface area (Å²) in [5.74, 6) is 0.760. The molecule has 2 N–H and O–H groups in total. The molecule has 184 valence electrons. The minimum absolute atomic E-state index is 0.154. The summed E-state index contributed by atoms with van der Waals surface area (Å²) in [4.78, 5) is 41.2. The van der Waals surface area contributed by atoms with E-state index >= 15 is 0 Å². The fraction of sp³-hybridized carbons (Fsp3) is 0.464. The molecule has 3 aliphatic heterocycles. The summed E-state index contributed by atoms with van der Waals surface area (Å²) >= 11 is 0. The van der Waals surface area contributed by atoms with E-state index in [0.717, 1.165) is 29.6 Å². The third kappa shape index (κ3) is 4.69. The fourth-order valence-corrected chi connectivity index (χ4v) is 5.41. The molecule has 1 unspecified atom stereocenters. The Kier molecular flexibility index (Phi) is 6.36. The van der Waals surface area contributed by atoms with E-state index in [-0.39, 0.29) is 24.1 Å². The summed E-state index contributed by atoms with van der Waals surface area (Å²) in [7, 11) is 0. The predicted octanol–water partition coefficient (Wildman–Crippen LogP) is 3.46. The molecule has 2 aromatic carbocycles. The van der Waals surface area contributed by atoms with Crippen LogP contribution in [0.4, 0.5) is 5.69 Å². The predicted molar refractivity (Wildman–Crippen MR) is 135 cm³/mol. The molecule has 3 aliphatic rings. The van der Waals surface area contributed by atoms with Crippen molar-refractivity contribution in [2.75, 3.05) is 18.4 Å². The van der Waals surface area contributed by atoms with E-state index in [1.165, 1.54) is 29.8 Å². The Morgan fingerprint density at radius 3 is 2.63 bits per heavy atom. The lowest BCUT2D eigenvalue weighted by Crippen LogP contribution is -2.52. The monoisotopic (exact) mass is 474 g/mol. The maximum Gasteiger partial charge on any atom is 0.257 e. The van der Waals surface area contributed by atoms with Crippen LogP contribution >= 0.6 is 0 Å². The number of nitrogens with zero attached hydrogens (tertiary/aromatic N) is 2. The van der Waals surface area contributed by atoms with Crippen molar-refractivity contribution in [1.82, 2.24) is 15.1 Å². The Hall–Kier alpha value is -3.19. The highest BCUT2D eigenvalue weighted by atomic mass is 16.2. The average molecular weight is 475 g/mol. The molecule has 7 nitrogen and oxygen atoms in total. The SMILES string of the molecule is Cc1cc(CNc2cccc3c2C(=O)N(C2CCC(=O)NC2=O)C3)ccc1CN1CC(C(C)C)C1. The van der Waals surface area contributed by atoms with Gasteiger partial charge in [-0.1, -0.05) is 44.2 Å². The number of rotatable bonds is 7. The van der Waals surface area contributed by atoms with Crippen LogP contribution in [0.5, 0.6) is 0 Å². The maximum absolute atomic E-state index is 13.3. The number of hydrogen-bond acceptors (Lipinski definition) is 5. The summed E-state index contributed by atoms with van der Waals surface area (Å²) < 4.78 is 0. The van der Waals surface area contributed by atoms with Crippen LogP contribution in [0.2, 0.25) is 0 Å². The third-order valence-electron chi connectivity index (χ3n) is 7.76. The Labute approximate surface area is 206 Å². The summed E-state index contributed by atoms with van der Waals surface area (Å²) in [6, 6.07) is 11.8. The van der Waals surface area contributed by atoms with Crippen LogP contribution in [0.25, 0.3) is 0 Å². The average Bonchev–Trinajstić information content (AvgIpc) is 3.12. The minimum Gasteiger partial charge on any atom is -0.380 e. The van der Waals surface area contributed by atoms with Crippen LogP contribution in [-0.2, 0) is 29.2 Å². The van der Waals surface area contributed by atoms with Crippen molar-refractivity contribution in [2.24, 2.45) is 11.8 Å². The van der Waals surface area contributed by atoms with Gasteiger partial charge in [0.05, 0.1) is 5.56 Å². The van der Waals surface area contributed by atoms with E-state index in [1.54, 1.807) is 4.90 Å². The second-order valence-electron chi connectivity index (χ2n) is 10.6. The standard InChI is InChI=1S/C28H34N4O3/c1-17(2)22-14-31(15-22)13-20-8-7-19(11-18(20)3)12-29-23-6-4-5-21-16-32(28(35)26(21)23)24-9-10-25(33)30-27(24)34/h4-8,11,17,22,24,29H,9-10,12-16H2,1-3H3,(H,30,33,34). The third-order valence-corrected chi connectivity index (χ3v) is 7.76. The van der Waals surface area contributed by atoms with Gasteiger partial charge in [-0.05, 0) is 53.5 Å². The first-order valence-electron chi connectivity index (χ1n) is 12.6. The summed E-state index contributed by atoms with van der Waals surface area (Å²) in [5.41, 5.74) is 6.14. The van der Waals surface area contributed by atoms with E-state index in [0.29, 0.717) is 25.1 Å². The molecule has 0 radical (unpaired) electrons. The fourth-order valence-electron chi connectivity index (χ4n) is 5.41. The highest BCUT2D eigenvalue weighted by Crippen LogP contribution is 2.33. The van der Waals surface area contributed by atoms with Gasteiger partial charge in [0.15, 0.2) is 0 Å². The first kappa shape index (κ1) is 23.5. The zero-order valence-electron chi connectivity index (χ0n) is 20.8. The highest BCUT2D eigenvalue weighted by Gasteiger charge is 2.40. The largest absolute Gasteiger partial charge is 0.380 e. The van der Waals surface area contributed by atoms with E-state index in [4.69, 9.17) is 0 Å². The summed E-state index contributed by atoms with van der Waals surface area (Å²) in [5, 5.41) is 5.81. The lowest BCUT2D eigenvalue weighted by molar-refractivity contribution is -0.136. The number of amides is 3. The number of anilines is 1. The van der Waals surface area contributed by atoms with Crippen molar-refractivity contribution in [1.29, 1.82) is 0 Å². The summed E-state index contributed by atoms with van der Waals surface area (Å²) in [6.45, 7) is 11.1. The van der Waals surface area contributed by atoms with Crippen LogP contribution in [0.3, 0.4) is 0 Å². The van der Waals surface area contributed by atoms with Crippen molar-refractivity contribution >= 4 is 23.4 Å². The second-order valence-corrected chi connectivity index (χ2v) is 10.6. The van der Waals surface area contributed by atoms with Crippen LogP contribution in [0, 0.1) is 18.8 Å². The van der Waals surface area contributed by atoms with Crippen molar-refractivity contribution < 1.29 is 14.4 Å². The van der Waals surface area contributed by atoms with Gasteiger partial charge in [-0.25, -0.2) is 0 Å². The molecule has 0 aromatic heterocycles. The van der Waals surface area contributed by atoms with Crippen molar-refractivity contribution in [3.8, 4) is 0 Å². The van der Waals surface area contributed by atoms with E-state index in [1.807, 2.05) is 18.2 Å². The number of likely N-dealkylation sites (tertiary alicyclic amines) is 1. The quantitative estimate of drug-likeness (QED) is 0.601. The molecule has 2 saturated heterocycles. The zero-order valence-corrected chi connectivity index (χ0v) is 20.8. The number of imide groups is 1. The Morgan fingerprint density at radius 2 is 1.91 bits per heavy atom. The molecule has 1 atom stereocenters.